The molecule has 0 unspecified atom stereocenters. The van der Waals surface area contributed by atoms with E-state index in [1.54, 1.807) is 31.4 Å². The number of ether oxygens (including phenoxy) is 1. The Labute approximate surface area is 162 Å². The van der Waals surface area contributed by atoms with Gasteiger partial charge in [0.1, 0.15) is 5.75 Å². The van der Waals surface area contributed by atoms with E-state index in [4.69, 9.17) is 4.74 Å². The number of thioether (sulfide) groups is 1. The molecule has 2 aromatic heterocycles. The minimum atomic E-state index is 0.0201. The van der Waals surface area contributed by atoms with Crippen molar-refractivity contribution >= 4 is 17.7 Å². The first-order valence-electron chi connectivity index (χ1n) is 8.52. The molecule has 1 amide bonds. The van der Waals surface area contributed by atoms with E-state index in [9.17, 15) is 4.79 Å². The van der Waals surface area contributed by atoms with Crippen molar-refractivity contribution in [1.29, 1.82) is 0 Å². The highest BCUT2D eigenvalue weighted by Gasteiger charge is 2.17. The first kappa shape index (κ1) is 18.9. The topological polar surface area (TPSA) is 73.1 Å². The third-order valence-corrected chi connectivity index (χ3v) is 4.72. The monoisotopic (exact) mass is 383 g/mol. The Hall–Kier alpha value is -2.87. The van der Waals surface area contributed by atoms with E-state index < -0.39 is 0 Å². The lowest BCUT2D eigenvalue weighted by Gasteiger charge is -2.12. The van der Waals surface area contributed by atoms with Crippen LogP contribution in [-0.4, -0.2) is 57.0 Å². The maximum atomic E-state index is 12.0. The van der Waals surface area contributed by atoms with E-state index in [-0.39, 0.29) is 5.91 Å². The van der Waals surface area contributed by atoms with Crippen molar-refractivity contribution in [3.05, 3.63) is 48.8 Å². The van der Waals surface area contributed by atoms with Crippen LogP contribution < -0.4 is 4.74 Å². The minimum absolute atomic E-state index is 0.0201. The molecule has 0 aliphatic carbocycles. The number of amides is 1. The number of pyridine rings is 1. The fraction of sp³-hybridized carbons (Fsp3) is 0.263. The van der Waals surface area contributed by atoms with Crippen molar-refractivity contribution in [2.45, 2.75) is 12.1 Å². The molecule has 0 bridgehead atoms. The number of benzene rings is 1. The average Bonchev–Trinajstić information content (AvgIpc) is 3.11. The molecule has 0 aliphatic heterocycles. The van der Waals surface area contributed by atoms with Gasteiger partial charge in [0.25, 0.3) is 0 Å². The van der Waals surface area contributed by atoms with Gasteiger partial charge in [0.15, 0.2) is 11.0 Å². The second kappa shape index (κ2) is 8.68. The van der Waals surface area contributed by atoms with Gasteiger partial charge in [-0.3, -0.25) is 14.3 Å². The summed E-state index contributed by atoms with van der Waals surface area (Å²) in [5.41, 5.74) is 1.80. The zero-order chi connectivity index (χ0) is 19.2. The van der Waals surface area contributed by atoms with Gasteiger partial charge in [0.05, 0.1) is 12.4 Å². The molecule has 0 saturated carbocycles. The number of hydrogen-bond donors (Lipinski definition) is 0. The molecule has 0 atom stereocenters. The highest BCUT2D eigenvalue weighted by molar-refractivity contribution is 7.99. The van der Waals surface area contributed by atoms with Gasteiger partial charge in [-0.1, -0.05) is 11.8 Å². The second-order valence-electron chi connectivity index (χ2n) is 5.88. The number of carbonyl (C=O) groups is 1. The van der Waals surface area contributed by atoms with Gasteiger partial charge >= 0.3 is 0 Å². The van der Waals surface area contributed by atoms with E-state index in [0.717, 1.165) is 17.0 Å². The predicted molar refractivity (Wildman–Crippen MR) is 105 cm³/mol. The summed E-state index contributed by atoms with van der Waals surface area (Å²) in [6.45, 7) is 2.56. The summed E-state index contributed by atoms with van der Waals surface area (Å²) in [4.78, 5) is 17.6. The van der Waals surface area contributed by atoms with Crippen molar-refractivity contribution in [2.24, 2.45) is 0 Å². The number of aromatic nitrogens is 4. The van der Waals surface area contributed by atoms with E-state index in [2.05, 4.69) is 15.2 Å². The van der Waals surface area contributed by atoms with Crippen molar-refractivity contribution in [1.82, 2.24) is 24.6 Å². The van der Waals surface area contributed by atoms with Gasteiger partial charge in [-0.25, -0.2) is 0 Å². The summed E-state index contributed by atoms with van der Waals surface area (Å²) in [7, 11) is 3.48. The lowest BCUT2D eigenvalue weighted by Crippen LogP contribution is -2.23. The quantitative estimate of drug-likeness (QED) is 0.584. The zero-order valence-electron chi connectivity index (χ0n) is 15.5. The lowest BCUT2D eigenvalue weighted by molar-refractivity contribution is -0.125. The van der Waals surface area contributed by atoms with Gasteiger partial charge in [0, 0.05) is 37.7 Å². The molecule has 0 N–H and O–H groups in total. The van der Waals surface area contributed by atoms with Gasteiger partial charge in [-0.05, 0) is 43.3 Å². The maximum Gasteiger partial charge on any atom is 0.232 e. The molecule has 0 saturated heterocycles. The summed E-state index contributed by atoms with van der Waals surface area (Å²) in [6.07, 6.45) is 3.43. The van der Waals surface area contributed by atoms with Crippen LogP contribution in [-0.2, 0) is 4.79 Å². The molecule has 0 aliphatic rings. The molecule has 0 spiro atoms. The van der Waals surface area contributed by atoms with Crippen LogP contribution in [0.1, 0.15) is 6.92 Å². The third-order valence-electron chi connectivity index (χ3n) is 3.80. The fourth-order valence-electron chi connectivity index (χ4n) is 2.40. The van der Waals surface area contributed by atoms with Gasteiger partial charge < -0.3 is 9.64 Å². The van der Waals surface area contributed by atoms with Crippen molar-refractivity contribution < 1.29 is 9.53 Å². The largest absolute Gasteiger partial charge is 0.494 e. The molecule has 1 aromatic carbocycles. The fourth-order valence-corrected chi connectivity index (χ4v) is 3.33. The number of carbonyl (C=O) groups excluding carboxylic acids is 1. The summed E-state index contributed by atoms with van der Waals surface area (Å²) < 4.78 is 7.47. The molecule has 2 heterocycles. The average molecular weight is 383 g/mol. The van der Waals surface area contributed by atoms with Crippen LogP contribution in [0, 0.1) is 0 Å². The van der Waals surface area contributed by atoms with Gasteiger partial charge in [-0.2, -0.15) is 0 Å². The Kier molecular flexibility index (Phi) is 6.08. The first-order chi connectivity index (χ1) is 13.1. The number of rotatable bonds is 7. The van der Waals surface area contributed by atoms with E-state index in [0.29, 0.717) is 23.3 Å². The van der Waals surface area contributed by atoms with Crippen LogP contribution in [0.15, 0.2) is 53.9 Å². The van der Waals surface area contributed by atoms with Crippen LogP contribution >= 0.6 is 11.8 Å². The van der Waals surface area contributed by atoms with Gasteiger partial charge in [0.2, 0.25) is 5.91 Å². The van der Waals surface area contributed by atoms with Crippen LogP contribution in [0.3, 0.4) is 0 Å². The zero-order valence-corrected chi connectivity index (χ0v) is 16.3. The summed E-state index contributed by atoms with van der Waals surface area (Å²) >= 11 is 1.36. The molecular weight excluding hydrogens is 362 g/mol. The third kappa shape index (κ3) is 4.46. The molecule has 140 valence electrons. The first-order valence-corrected chi connectivity index (χ1v) is 9.50. The van der Waals surface area contributed by atoms with Crippen LogP contribution in [0.5, 0.6) is 5.75 Å². The Balaban J connectivity index is 1.99. The van der Waals surface area contributed by atoms with Crippen molar-refractivity contribution in [3.8, 4) is 22.8 Å². The highest BCUT2D eigenvalue weighted by Crippen LogP contribution is 2.28. The SMILES string of the molecule is CCOc1ccc(-n2c(SCC(=O)N(C)C)nnc2-c2ccncc2)cc1. The number of nitrogens with zero attached hydrogens (tertiary/aromatic N) is 5. The second-order valence-corrected chi connectivity index (χ2v) is 6.82. The highest BCUT2D eigenvalue weighted by atomic mass is 32.2. The lowest BCUT2D eigenvalue weighted by atomic mass is 10.2. The van der Waals surface area contributed by atoms with Crippen molar-refractivity contribution in [3.63, 3.8) is 0 Å². The Morgan fingerprint density at radius 3 is 2.44 bits per heavy atom. The summed E-state index contributed by atoms with van der Waals surface area (Å²) in [6, 6.07) is 11.5. The van der Waals surface area contributed by atoms with Crippen molar-refractivity contribution in [2.75, 3.05) is 26.5 Å². The van der Waals surface area contributed by atoms with Crippen LogP contribution in [0.4, 0.5) is 0 Å². The van der Waals surface area contributed by atoms with Gasteiger partial charge in [-0.15, -0.1) is 10.2 Å². The minimum Gasteiger partial charge on any atom is -0.494 e. The van der Waals surface area contributed by atoms with Crippen LogP contribution in [0.25, 0.3) is 17.1 Å². The molecule has 3 aromatic rings. The maximum absolute atomic E-state index is 12.0. The summed E-state index contributed by atoms with van der Waals surface area (Å²) in [5.74, 6) is 1.81. The molecule has 27 heavy (non-hydrogen) atoms. The van der Waals surface area contributed by atoms with E-state index in [1.165, 1.54) is 11.8 Å². The Morgan fingerprint density at radius 1 is 1.11 bits per heavy atom. The Bertz CT molecular complexity index is 894. The molecule has 0 fully saturated rings. The molecule has 8 heteroatoms. The molecule has 7 nitrogen and oxygen atoms in total. The number of hydrogen-bond acceptors (Lipinski definition) is 6. The van der Waals surface area contributed by atoms with E-state index in [1.807, 2.05) is 47.9 Å². The molecule has 3 rings (SSSR count). The van der Waals surface area contributed by atoms with Crippen LogP contribution in [0.2, 0.25) is 0 Å². The Morgan fingerprint density at radius 2 is 1.81 bits per heavy atom. The normalized spacial score (nSPS) is 10.6. The standard InChI is InChI=1S/C19H21N5O2S/c1-4-26-16-7-5-15(6-8-16)24-18(14-9-11-20-12-10-14)21-22-19(24)27-13-17(25)23(2)3/h5-12H,4,13H2,1-3H3. The van der Waals surface area contributed by atoms with E-state index >= 15 is 0 Å². The summed E-state index contributed by atoms with van der Waals surface area (Å²) in [5, 5.41) is 9.32. The predicted octanol–water partition coefficient (Wildman–Crippen LogP) is 2.91. The molecular formula is C19H21N5O2S. The molecule has 0 radical (unpaired) electrons. The smallest absolute Gasteiger partial charge is 0.232 e.